The standard InChI is InChI=1S/C22H15N4O10S2.4K/c27-20-13(12-23-25(20)14-4-8-16(9-5-14)37(31,32)33)2-1-3-18-19(22(29)30)24-26(21(18)28)15-6-10-17(11-7-15)38(34,35)36;;;;/h1-11,24H,(H,29,30)(H,31,32,33)(H,34,35,36);;;;/q-1;4*+1/p-3/b3-1?,13-2-;;;;. The van der Waals surface area contributed by atoms with Gasteiger partial charge in [-0.25, -0.2) is 21.5 Å². The van der Waals surface area contributed by atoms with E-state index in [1.54, 1.807) is 0 Å². The Labute approximate surface area is 409 Å². The van der Waals surface area contributed by atoms with Gasteiger partial charge in [0.05, 0.1) is 38.4 Å². The van der Waals surface area contributed by atoms with Gasteiger partial charge in [-0.3, -0.25) is 20.0 Å². The molecule has 0 radical (unpaired) electrons. The Morgan fingerprint density at radius 1 is 0.833 bits per heavy atom. The van der Waals surface area contributed by atoms with Gasteiger partial charge in [-0.1, -0.05) is 6.08 Å². The number of rotatable bonds is 7. The van der Waals surface area contributed by atoms with Crippen molar-refractivity contribution in [1.82, 2.24) is 9.78 Å². The normalized spacial score (nSPS) is 13.7. The molecular weight excluding hydrogens is 701 g/mol. The molecule has 20 heteroatoms. The molecule has 1 amide bonds. The van der Waals surface area contributed by atoms with Crippen LogP contribution in [0, 0.1) is 0 Å². The van der Waals surface area contributed by atoms with Crippen LogP contribution in [0.4, 0.5) is 5.69 Å². The van der Waals surface area contributed by atoms with Gasteiger partial charge in [0.25, 0.3) is 5.56 Å². The quantitative estimate of drug-likeness (QED) is 0.105. The Balaban J connectivity index is 0.00000420. The number of carbonyl (C=O) groups excluding carboxylic acids is 2. The Morgan fingerprint density at radius 3 is 1.76 bits per heavy atom. The van der Waals surface area contributed by atoms with Crippen LogP contribution in [0.3, 0.4) is 0 Å². The summed E-state index contributed by atoms with van der Waals surface area (Å²) >= 11 is 0. The van der Waals surface area contributed by atoms with Gasteiger partial charge in [-0.15, -0.1) is 11.6 Å². The summed E-state index contributed by atoms with van der Waals surface area (Å²) in [6.45, 7) is 0. The summed E-state index contributed by atoms with van der Waals surface area (Å²) in [4.78, 5) is 35.9. The second-order valence-electron chi connectivity index (χ2n) is 7.49. The zero-order valence-electron chi connectivity index (χ0n) is 22.6. The second kappa shape index (κ2) is 18.4. The molecule has 0 saturated heterocycles. The molecule has 3 aromatic rings. The molecule has 0 bridgehead atoms. The Hall–Kier alpha value is 1.91. The van der Waals surface area contributed by atoms with E-state index in [1.165, 1.54) is 24.3 Å². The molecule has 0 fully saturated rings. The van der Waals surface area contributed by atoms with Crippen LogP contribution < -0.4 is 221 Å². The molecular formula is C22H12K4N4O10S2. The first-order chi connectivity index (χ1) is 17.8. The van der Waals surface area contributed by atoms with E-state index in [4.69, 9.17) is 0 Å². The van der Waals surface area contributed by atoms with Crippen molar-refractivity contribution < 1.29 is 246 Å². The van der Waals surface area contributed by atoms with Crippen molar-refractivity contribution >= 4 is 50.1 Å². The van der Waals surface area contributed by atoms with Gasteiger partial charge in [-0.05, 0) is 54.7 Å². The molecule has 0 unspecified atom stereocenters. The number of H-pyrrole nitrogens is 1. The van der Waals surface area contributed by atoms with Gasteiger partial charge < -0.3 is 23.8 Å². The van der Waals surface area contributed by atoms with Crippen LogP contribution in [-0.4, -0.2) is 53.8 Å². The summed E-state index contributed by atoms with van der Waals surface area (Å²) in [5.74, 6) is -2.42. The number of nitrogens with zero attached hydrogens (tertiary/aromatic N) is 3. The van der Waals surface area contributed by atoms with Gasteiger partial charge in [0.15, 0.2) is 5.91 Å². The zero-order chi connectivity index (χ0) is 27.8. The van der Waals surface area contributed by atoms with Crippen LogP contribution in [0.25, 0.3) is 11.8 Å². The monoisotopic (exact) mass is 712 g/mol. The number of carboxylic acid groups (broad SMARTS) is 1. The molecule has 1 aliphatic heterocycles. The average Bonchev–Trinajstić information content (AvgIpc) is 3.38. The van der Waals surface area contributed by atoms with E-state index in [0.29, 0.717) is 0 Å². The summed E-state index contributed by atoms with van der Waals surface area (Å²) in [7, 11) is -9.41. The first-order valence-corrected chi connectivity index (χ1v) is 13.0. The molecule has 1 aliphatic rings. The summed E-state index contributed by atoms with van der Waals surface area (Å²) in [5, 5.41) is 18.5. The first kappa shape index (κ1) is 43.9. The summed E-state index contributed by atoms with van der Waals surface area (Å²) in [5.41, 5.74) is -1.76. The van der Waals surface area contributed by atoms with Crippen LogP contribution in [0.1, 0.15) is 16.1 Å². The third kappa shape index (κ3) is 10.7. The van der Waals surface area contributed by atoms with Crippen LogP contribution in [-0.2, 0) is 25.0 Å². The molecule has 0 spiro atoms. The number of carboxylic acids is 1. The number of aromatic nitrogens is 2. The van der Waals surface area contributed by atoms with Crippen LogP contribution in [0.15, 0.2) is 85.9 Å². The maximum absolute atomic E-state index is 12.8. The van der Waals surface area contributed by atoms with E-state index >= 15 is 0 Å². The van der Waals surface area contributed by atoms with Crippen molar-refractivity contribution in [1.29, 1.82) is 0 Å². The van der Waals surface area contributed by atoms with E-state index < -0.39 is 53.2 Å². The molecule has 14 nitrogen and oxygen atoms in total. The van der Waals surface area contributed by atoms with Gasteiger partial charge in [0.2, 0.25) is 0 Å². The number of aromatic amines is 1. The Morgan fingerprint density at radius 2 is 1.31 bits per heavy atom. The molecule has 0 atom stereocenters. The number of hydrogen-bond acceptors (Lipinski definition) is 11. The van der Waals surface area contributed by atoms with Crippen molar-refractivity contribution in [2.75, 3.05) is 5.01 Å². The molecule has 42 heavy (non-hydrogen) atoms. The van der Waals surface area contributed by atoms with Gasteiger partial charge in [-0.2, -0.15) is 6.08 Å². The molecule has 2 heterocycles. The fourth-order valence-corrected chi connectivity index (χ4v) is 4.23. The number of amides is 1. The van der Waals surface area contributed by atoms with Crippen LogP contribution in [0.5, 0.6) is 0 Å². The predicted octanol–water partition coefficient (Wildman–Crippen LogP) is -12.8. The number of nitrogens with one attached hydrogen (secondary N) is 1. The number of anilines is 1. The van der Waals surface area contributed by atoms with E-state index in [0.717, 1.165) is 52.2 Å². The topological polar surface area (TPSA) is 225 Å². The first-order valence-electron chi connectivity index (χ1n) is 10.2. The van der Waals surface area contributed by atoms with Crippen molar-refractivity contribution in [3.05, 3.63) is 87.9 Å². The molecule has 1 aromatic heterocycles. The van der Waals surface area contributed by atoms with Crippen molar-refractivity contribution in [3.8, 4) is 5.69 Å². The minimum absolute atomic E-state index is 0. The van der Waals surface area contributed by atoms with Gasteiger partial charge in [0, 0.05) is 0 Å². The zero-order valence-corrected chi connectivity index (χ0v) is 36.7. The van der Waals surface area contributed by atoms with E-state index in [2.05, 4.69) is 16.4 Å². The maximum Gasteiger partial charge on any atom is 1.00 e. The van der Waals surface area contributed by atoms with Crippen LogP contribution >= 0.6 is 0 Å². The van der Waals surface area contributed by atoms with Crippen molar-refractivity contribution in [3.63, 3.8) is 0 Å². The third-order valence-electron chi connectivity index (χ3n) is 5.10. The minimum atomic E-state index is -4.73. The number of hydrazone groups is 1. The predicted molar refractivity (Wildman–Crippen MR) is 125 cm³/mol. The maximum atomic E-state index is 12.8. The van der Waals surface area contributed by atoms with Crippen LogP contribution in [0.2, 0.25) is 0 Å². The third-order valence-corrected chi connectivity index (χ3v) is 6.80. The number of allylic oxidation sites excluding steroid dienone is 2. The molecule has 196 valence electrons. The fraction of sp³-hybridized carbons (Fsp3) is 0. The van der Waals surface area contributed by atoms with E-state index in [1.807, 2.05) is 0 Å². The minimum Gasteiger partial charge on any atom is -0.744 e. The molecule has 4 rings (SSSR count). The SMILES string of the molecule is O=C([O-])c1[nH]n(-c2ccc(S(=O)(=O)[O-])cc2)c(=O)c1C=C/C=C1/[C-]=NN(c2ccc(S(=O)(=O)[O-])cc2)C1=O.[K+].[K+].[K+].[K+]. The van der Waals surface area contributed by atoms with Gasteiger partial charge >= 0.3 is 206 Å². The molecule has 0 aliphatic carbocycles. The largest absolute Gasteiger partial charge is 1.00 e. The number of aromatic carboxylic acids is 1. The summed E-state index contributed by atoms with van der Waals surface area (Å²) < 4.78 is 67.2. The van der Waals surface area contributed by atoms with Gasteiger partial charge in [0.1, 0.15) is 20.2 Å². The van der Waals surface area contributed by atoms with Crippen molar-refractivity contribution in [2.24, 2.45) is 5.10 Å². The smallest absolute Gasteiger partial charge is 0.744 e. The van der Waals surface area contributed by atoms with E-state index in [-0.39, 0.29) is 228 Å². The Bertz CT molecular complexity index is 1830. The second-order valence-corrected chi connectivity index (χ2v) is 10.3. The summed E-state index contributed by atoms with van der Waals surface area (Å²) in [6.07, 6.45) is 5.87. The number of carbonyl (C=O) groups is 2. The fourth-order valence-electron chi connectivity index (χ4n) is 3.29. The van der Waals surface area contributed by atoms with Crippen molar-refractivity contribution in [2.45, 2.75) is 9.79 Å². The average molecular weight is 713 g/mol. The number of benzene rings is 2. The summed E-state index contributed by atoms with van der Waals surface area (Å²) in [6, 6.07) is 8.54. The Kier molecular flexibility index (Phi) is 19.3. The number of hydrogen-bond donors (Lipinski definition) is 1. The molecule has 0 saturated carbocycles. The van der Waals surface area contributed by atoms with E-state index in [9.17, 15) is 45.4 Å². The molecule has 1 N–H and O–H groups in total. The molecule has 2 aromatic carbocycles.